The fourth-order valence-electron chi connectivity index (χ4n) is 3.70. The number of aromatic nitrogens is 4. The lowest BCUT2D eigenvalue weighted by Crippen LogP contribution is -2.43. The number of benzene rings is 1. The van der Waals surface area contributed by atoms with Crippen molar-refractivity contribution in [2.75, 3.05) is 11.9 Å². The van der Waals surface area contributed by atoms with Gasteiger partial charge in [0.05, 0.1) is 25.1 Å². The Morgan fingerprint density at radius 2 is 2.08 bits per heavy atom. The van der Waals surface area contributed by atoms with Gasteiger partial charge in [-0.05, 0) is 35.8 Å². The SMILES string of the molecule is CC(C)(C)[Si](C)(C)OC[C@H]1O[C@@H](n2cnc3c(=O)[nH]c(NC(=O)c4ccccc4)nc32)C[C@@H]1N=[N+]=[N-]. The number of anilines is 1. The third-order valence-electron chi connectivity index (χ3n) is 6.83. The van der Waals surface area contributed by atoms with Crippen LogP contribution in [-0.4, -0.2) is 52.5 Å². The van der Waals surface area contributed by atoms with Crippen molar-refractivity contribution in [2.45, 2.75) is 63.7 Å². The maximum atomic E-state index is 12.6. The average molecular weight is 511 g/mol. The summed E-state index contributed by atoms with van der Waals surface area (Å²) < 4.78 is 14.2. The zero-order chi connectivity index (χ0) is 26.1. The van der Waals surface area contributed by atoms with Crippen molar-refractivity contribution in [1.82, 2.24) is 19.5 Å². The molecule has 3 heterocycles. The molecule has 3 aromatic rings. The number of carbonyl (C=O) groups is 1. The third-order valence-corrected chi connectivity index (χ3v) is 11.3. The second kappa shape index (κ2) is 9.86. The van der Waals surface area contributed by atoms with Crippen molar-refractivity contribution in [2.24, 2.45) is 5.11 Å². The monoisotopic (exact) mass is 510 g/mol. The summed E-state index contributed by atoms with van der Waals surface area (Å²) in [4.78, 5) is 39.3. The van der Waals surface area contributed by atoms with Crippen LogP contribution in [0.15, 0.2) is 46.6 Å². The Morgan fingerprint density at radius 1 is 1.36 bits per heavy atom. The number of hydrogen-bond donors (Lipinski definition) is 2. The van der Waals surface area contributed by atoms with Gasteiger partial charge in [-0.25, -0.2) is 4.98 Å². The molecule has 4 rings (SSSR count). The zero-order valence-electron chi connectivity index (χ0n) is 20.9. The molecule has 1 aliphatic rings. The first-order chi connectivity index (χ1) is 17.0. The Kier molecular flexibility index (Phi) is 7.00. The van der Waals surface area contributed by atoms with E-state index < -0.39 is 38.2 Å². The van der Waals surface area contributed by atoms with Gasteiger partial charge in [-0.15, -0.1) is 0 Å². The number of imidazole rings is 1. The number of amides is 1. The van der Waals surface area contributed by atoms with Crippen molar-refractivity contribution in [3.05, 3.63) is 63.0 Å². The largest absolute Gasteiger partial charge is 0.414 e. The lowest BCUT2D eigenvalue weighted by molar-refractivity contribution is -0.0207. The highest BCUT2D eigenvalue weighted by molar-refractivity contribution is 6.74. The van der Waals surface area contributed by atoms with Gasteiger partial charge in [0.25, 0.3) is 11.5 Å². The molecular weight excluding hydrogens is 480 g/mol. The van der Waals surface area contributed by atoms with Crippen LogP contribution in [0.3, 0.4) is 0 Å². The molecule has 1 amide bonds. The van der Waals surface area contributed by atoms with Crippen LogP contribution in [0, 0.1) is 0 Å². The molecule has 36 heavy (non-hydrogen) atoms. The van der Waals surface area contributed by atoms with Crippen LogP contribution in [0.5, 0.6) is 0 Å². The Balaban J connectivity index is 1.58. The minimum atomic E-state index is -2.05. The molecule has 0 unspecified atom stereocenters. The number of nitrogens with zero attached hydrogens (tertiary/aromatic N) is 6. The first kappa shape index (κ1) is 25.6. The molecule has 13 heteroatoms. The fraction of sp³-hybridized carbons (Fsp3) is 0.478. The van der Waals surface area contributed by atoms with E-state index in [1.54, 1.807) is 34.9 Å². The molecule has 0 saturated carbocycles. The third kappa shape index (κ3) is 5.19. The first-order valence-corrected chi connectivity index (χ1v) is 14.6. The van der Waals surface area contributed by atoms with E-state index in [0.717, 1.165) is 0 Å². The van der Waals surface area contributed by atoms with Crippen LogP contribution in [0.4, 0.5) is 5.95 Å². The molecule has 1 fully saturated rings. The maximum Gasteiger partial charge on any atom is 0.280 e. The first-order valence-electron chi connectivity index (χ1n) is 11.7. The molecule has 0 spiro atoms. The second-order valence-electron chi connectivity index (χ2n) is 10.3. The van der Waals surface area contributed by atoms with Crippen LogP contribution in [-0.2, 0) is 9.16 Å². The van der Waals surface area contributed by atoms with E-state index in [2.05, 4.69) is 64.2 Å². The summed E-state index contributed by atoms with van der Waals surface area (Å²) in [5.41, 5.74) is 9.38. The smallest absolute Gasteiger partial charge is 0.280 e. The number of carbonyl (C=O) groups excluding carboxylic acids is 1. The molecule has 2 N–H and O–H groups in total. The van der Waals surface area contributed by atoms with Gasteiger partial charge in [0, 0.05) is 16.9 Å². The van der Waals surface area contributed by atoms with Gasteiger partial charge in [0.15, 0.2) is 19.5 Å². The molecule has 0 radical (unpaired) electrons. The van der Waals surface area contributed by atoms with Gasteiger partial charge < -0.3 is 9.16 Å². The van der Waals surface area contributed by atoms with Gasteiger partial charge in [-0.3, -0.25) is 24.5 Å². The van der Waals surface area contributed by atoms with Crippen LogP contribution >= 0.6 is 0 Å². The summed E-state index contributed by atoms with van der Waals surface area (Å²) in [6.07, 6.45) is 0.786. The number of hydrogen-bond acceptors (Lipinski definition) is 7. The summed E-state index contributed by atoms with van der Waals surface area (Å²) in [6, 6.07) is 8.14. The number of azide groups is 1. The topological polar surface area (TPSA) is 160 Å². The molecule has 1 saturated heterocycles. The Morgan fingerprint density at radius 3 is 2.75 bits per heavy atom. The fourth-order valence-corrected chi connectivity index (χ4v) is 4.71. The molecule has 12 nitrogen and oxygen atoms in total. The van der Waals surface area contributed by atoms with Crippen LogP contribution < -0.4 is 10.9 Å². The van der Waals surface area contributed by atoms with Gasteiger partial charge in [-0.2, -0.15) is 4.98 Å². The van der Waals surface area contributed by atoms with Gasteiger partial charge in [-0.1, -0.05) is 44.1 Å². The number of ether oxygens (including phenoxy) is 1. The lowest BCUT2D eigenvalue weighted by Gasteiger charge is -2.37. The Bertz CT molecular complexity index is 1360. The van der Waals surface area contributed by atoms with E-state index in [1.807, 2.05) is 0 Å². The highest BCUT2D eigenvalue weighted by Crippen LogP contribution is 2.38. The minimum Gasteiger partial charge on any atom is -0.414 e. The molecule has 1 aromatic carbocycles. The number of nitrogens with one attached hydrogen (secondary N) is 2. The quantitative estimate of drug-likeness (QED) is 0.208. The minimum absolute atomic E-state index is 0.00879. The van der Waals surface area contributed by atoms with Gasteiger partial charge in [0.2, 0.25) is 5.95 Å². The predicted octanol–water partition coefficient (Wildman–Crippen LogP) is 4.36. The average Bonchev–Trinajstić information content (AvgIpc) is 3.42. The van der Waals surface area contributed by atoms with Crippen molar-refractivity contribution in [3.63, 3.8) is 0 Å². The number of aromatic amines is 1. The Hall–Kier alpha value is -3.51. The van der Waals surface area contributed by atoms with Gasteiger partial charge >= 0.3 is 0 Å². The molecule has 3 atom stereocenters. The van der Waals surface area contributed by atoms with Crippen molar-refractivity contribution in [3.8, 4) is 0 Å². The maximum absolute atomic E-state index is 12.6. The molecule has 2 aromatic heterocycles. The summed E-state index contributed by atoms with van der Waals surface area (Å²) >= 11 is 0. The Labute approximate surface area is 208 Å². The van der Waals surface area contributed by atoms with Gasteiger partial charge in [0.1, 0.15) is 6.23 Å². The van der Waals surface area contributed by atoms with Crippen molar-refractivity contribution < 1.29 is 14.0 Å². The zero-order valence-corrected chi connectivity index (χ0v) is 21.9. The number of rotatable bonds is 7. The van der Waals surface area contributed by atoms with E-state index in [1.165, 1.54) is 6.33 Å². The number of H-pyrrole nitrogens is 1. The van der Waals surface area contributed by atoms with E-state index in [-0.39, 0.29) is 28.8 Å². The second-order valence-corrected chi connectivity index (χ2v) is 15.1. The summed E-state index contributed by atoms with van der Waals surface area (Å²) in [5.74, 6) is -0.418. The normalized spacial score (nSPS) is 20.3. The van der Waals surface area contributed by atoms with Crippen molar-refractivity contribution >= 4 is 31.3 Å². The standard InChI is InChI=1S/C23H30N8O4Si/c1-23(2,3)36(4,5)34-12-16-15(29-30-24)11-17(35-16)31-13-25-18-19(31)26-22(28-21(18)33)27-20(32)14-9-7-6-8-10-14/h6-10,13,15-17H,11-12H2,1-5H3,(H2,26,27,28,32,33)/t15-,16+,17+/m0/s1. The lowest BCUT2D eigenvalue weighted by atomic mass is 10.1. The van der Waals surface area contributed by atoms with E-state index in [0.29, 0.717) is 12.0 Å². The van der Waals surface area contributed by atoms with Crippen LogP contribution in [0.25, 0.3) is 21.6 Å². The number of fused-ring (bicyclic) bond motifs is 1. The van der Waals surface area contributed by atoms with E-state index >= 15 is 0 Å². The molecule has 0 bridgehead atoms. The van der Waals surface area contributed by atoms with Crippen LogP contribution in [0.1, 0.15) is 43.8 Å². The van der Waals surface area contributed by atoms with E-state index in [4.69, 9.17) is 14.7 Å². The highest BCUT2D eigenvalue weighted by Gasteiger charge is 2.41. The summed E-state index contributed by atoms with van der Waals surface area (Å²) in [5, 5.41) is 6.57. The highest BCUT2D eigenvalue weighted by atomic mass is 28.4. The molecule has 1 aliphatic heterocycles. The van der Waals surface area contributed by atoms with Crippen LogP contribution in [0.2, 0.25) is 18.1 Å². The molecule has 190 valence electrons. The summed E-state index contributed by atoms with van der Waals surface area (Å²) in [7, 11) is -2.05. The predicted molar refractivity (Wildman–Crippen MR) is 137 cm³/mol. The van der Waals surface area contributed by atoms with E-state index in [9.17, 15) is 9.59 Å². The molecular formula is C23H30N8O4Si. The molecule has 0 aliphatic carbocycles. The summed E-state index contributed by atoms with van der Waals surface area (Å²) in [6.45, 7) is 11.0. The van der Waals surface area contributed by atoms with Crippen molar-refractivity contribution in [1.29, 1.82) is 0 Å².